The molecule has 1 aromatic rings. The minimum Gasteiger partial charge on any atom is -0.298 e. The lowest BCUT2D eigenvalue weighted by Gasteiger charge is -1.93. The predicted molar refractivity (Wildman–Crippen MR) is 41.2 cm³/mol. The van der Waals surface area contributed by atoms with Gasteiger partial charge in [-0.15, -0.1) is 0 Å². The van der Waals surface area contributed by atoms with Crippen LogP contribution in [0.1, 0.15) is 25.6 Å². The molecule has 1 nitrogen and oxygen atoms in total. The van der Waals surface area contributed by atoms with Crippen molar-refractivity contribution < 1.29 is 7.54 Å². The summed E-state index contributed by atoms with van der Waals surface area (Å²) in [5, 5.41) is 0. The molecule has 1 heteroatoms. The Morgan fingerprint density at radius 3 is 2.60 bits per heavy atom. The quantitative estimate of drug-likeness (QED) is 0.569. The maximum Gasteiger partial charge on any atom is 0.150 e. The summed E-state index contributed by atoms with van der Waals surface area (Å²) in [5.74, 6) is 0. The molecule has 0 aliphatic heterocycles. The van der Waals surface area contributed by atoms with Gasteiger partial charge in [-0.2, -0.15) is 0 Å². The molecule has 0 heterocycles. The Morgan fingerprint density at radius 1 is 1.60 bits per heavy atom. The maximum absolute atomic E-state index is 10.4. The zero-order chi connectivity index (χ0) is 9.14. The molecule has 10 heavy (non-hydrogen) atoms. The third-order valence-electron chi connectivity index (χ3n) is 1.35. The number of hydrogen-bond acceptors (Lipinski definition) is 1. The van der Waals surface area contributed by atoms with Crippen molar-refractivity contribution in [3.05, 3.63) is 35.3 Å². The molecule has 0 fully saturated rings. The molecule has 1 aromatic carbocycles. The summed E-state index contributed by atoms with van der Waals surface area (Å²) < 4.78 is 14.8. The van der Waals surface area contributed by atoms with Crippen LogP contribution in [0, 0.1) is 0 Å². The molecule has 0 saturated carbocycles. The van der Waals surface area contributed by atoms with E-state index in [2.05, 4.69) is 0 Å². The van der Waals surface area contributed by atoms with Crippen LogP contribution in [-0.2, 0) is 6.42 Å². The fraction of sp³-hybridized carbons (Fsp3) is 0.222. The van der Waals surface area contributed by atoms with Crippen molar-refractivity contribution in [1.82, 2.24) is 0 Å². The number of aldehydes is 1. The number of carbonyl (C=O) groups excluding carboxylic acids is 1. The average molecular weight is 136 g/mol. The van der Waals surface area contributed by atoms with Crippen LogP contribution in [0.4, 0.5) is 0 Å². The zero-order valence-corrected chi connectivity index (χ0v) is 5.85. The third-order valence-corrected chi connectivity index (χ3v) is 1.35. The Labute approximate surface area is 63.5 Å². The highest BCUT2D eigenvalue weighted by Crippen LogP contribution is 2.01. The van der Waals surface area contributed by atoms with Crippen LogP contribution in [0.5, 0.6) is 0 Å². The number of benzene rings is 1. The zero-order valence-electron chi connectivity index (χ0n) is 7.85. The summed E-state index contributed by atoms with van der Waals surface area (Å²) in [5.41, 5.74) is 1.10. The summed E-state index contributed by atoms with van der Waals surface area (Å²) in [6.45, 7) is 1.95. The van der Waals surface area contributed by atoms with Gasteiger partial charge in [0.25, 0.3) is 0 Å². The largest absolute Gasteiger partial charge is 0.298 e. The number of carbonyl (C=O) groups is 1. The second-order valence-corrected chi connectivity index (χ2v) is 2.04. The van der Waals surface area contributed by atoms with Crippen LogP contribution in [-0.4, -0.2) is 6.29 Å². The molecule has 0 amide bonds. The van der Waals surface area contributed by atoms with Gasteiger partial charge < -0.3 is 0 Å². The second kappa shape index (κ2) is 3.16. The molecule has 0 aliphatic carbocycles. The molecule has 0 bridgehead atoms. The highest BCUT2D eigenvalue weighted by molar-refractivity contribution is 5.74. The van der Waals surface area contributed by atoms with E-state index >= 15 is 0 Å². The molecule has 0 N–H and O–H groups in total. The van der Waals surface area contributed by atoms with Crippen LogP contribution in [0.2, 0.25) is 0 Å². The topological polar surface area (TPSA) is 17.1 Å². The van der Waals surface area contributed by atoms with Crippen molar-refractivity contribution in [2.24, 2.45) is 0 Å². The molecular formula is C9H10O. The van der Waals surface area contributed by atoms with Crippen LogP contribution in [0.3, 0.4) is 0 Å². The summed E-state index contributed by atoms with van der Waals surface area (Å²) >= 11 is 0. The fourth-order valence-corrected chi connectivity index (χ4v) is 0.696. The molecule has 0 aliphatic rings. The number of aryl methyl sites for hydroxylation is 1. The van der Waals surface area contributed by atoms with Crippen LogP contribution in [0.25, 0.3) is 0 Å². The van der Waals surface area contributed by atoms with Gasteiger partial charge in [-0.25, -0.2) is 0 Å². The van der Waals surface area contributed by atoms with Crippen LogP contribution >= 0.6 is 0 Å². The molecule has 0 aromatic heterocycles. The van der Waals surface area contributed by atoms with E-state index in [-0.39, 0.29) is 17.6 Å². The molecule has 0 radical (unpaired) electrons. The first-order valence-corrected chi connectivity index (χ1v) is 3.24. The second-order valence-electron chi connectivity index (χ2n) is 2.04. The van der Waals surface area contributed by atoms with Crippen molar-refractivity contribution in [2.45, 2.75) is 13.3 Å². The van der Waals surface area contributed by atoms with Gasteiger partial charge in [0.05, 0.1) is 2.74 Å². The number of rotatable bonds is 2. The molecule has 0 saturated heterocycles. The van der Waals surface area contributed by atoms with E-state index in [1.54, 1.807) is 12.1 Å². The Hall–Kier alpha value is -1.11. The molecule has 1 rings (SSSR count). The summed E-state index contributed by atoms with van der Waals surface area (Å²) in [4.78, 5) is 10.4. The smallest absolute Gasteiger partial charge is 0.150 e. The van der Waals surface area contributed by atoms with Gasteiger partial charge in [0.15, 0.2) is 0 Å². The van der Waals surface area contributed by atoms with Gasteiger partial charge in [0, 0.05) is 5.56 Å². The van der Waals surface area contributed by atoms with Gasteiger partial charge in [-0.05, 0) is 12.0 Å². The summed E-state index contributed by atoms with van der Waals surface area (Å²) in [6.07, 6.45) is 1.35. The van der Waals surface area contributed by atoms with E-state index in [9.17, 15) is 4.79 Å². The Balaban J connectivity index is 3.27. The van der Waals surface area contributed by atoms with Gasteiger partial charge >= 0.3 is 0 Å². The first-order chi connectivity index (χ1) is 5.69. The minimum atomic E-state index is 0.148. The van der Waals surface area contributed by atoms with Crippen molar-refractivity contribution in [3.63, 3.8) is 0 Å². The Bertz CT molecular complexity index is 284. The van der Waals surface area contributed by atoms with E-state index in [0.29, 0.717) is 6.29 Å². The van der Waals surface area contributed by atoms with Crippen molar-refractivity contribution in [1.29, 1.82) is 0 Å². The van der Waals surface area contributed by atoms with Gasteiger partial charge in [0.2, 0.25) is 0 Å². The van der Waals surface area contributed by atoms with Crippen molar-refractivity contribution in [3.8, 4) is 0 Å². The first-order valence-electron chi connectivity index (χ1n) is 4.24. The van der Waals surface area contributed by atoms with E-state index in [0.717, 1.165) is 12.0 Å². The lowest BCUT2D eigenvalue weighted by Crippen LogP contribution is -1.81. The van der Waals surface area contributed by atoms with E-state index in [4.69, 9.17) is 2.74 Å². The Kier molecular flexibility index (Phi) is 1.47. The molecule has 52 valence electrons. The lowest BCUT2D eigenvalue weighted by atomic mass is 10.1. The molecule has 0 spiro atoms. The SMILES string of the molecule is [2H]c1cc(CC)cc([2H])c1C=O. The standard InChI is InChI=1S/C9H10O/c1-2-8-3-5-9(7-10)6-4-8/h3-7H,2H2,1H3/i5D,6D. The highest BCUT2D eigenvalue weighted by atomic mass is 16.1. The van der Waals surface area contributed by atoms with Crippen molar-refractivity contribution >= 4 is 6.29 Å². The molecule has 0 unspecified atom stereocenters. The fourth-order valence-electron chi connectivity index (χ4n) is 0.696. The number of hydrogen-bond donors (Lipinski definition) is 0. The van der Waals surface area contributed by atoms with E-state index in [1.807, 2.05) is 6.92 Å². The normalized spacial score (nSPS) is 12.1. The lowest BCUT2D eigenvalue weighted by molar-refractivity contribution is 0.112. The average Bonchev–Trinajstić information content (AvgIpc) is 2.03. The summed E-state index contributed by atoms with van der Waals surface area (Å²) in [7, 11) is 0. The first kappa shape index (κ1) is 4.67. The minimum absolute atomic E-state index is 0.148. The van der Waals surface area contributed by atoms with Crippen LogP contribution < -0.4 is 0 Å². The van der Waals surface area contributed by atoms with E-state index in [1.165, 1.54) is 0 Å². The van der Waals surface area contributed by atoms with Crippen LogP contribution in [0.15, 0.2) is 24.2 Å². The predicted octanol–water partition coefficient (Wildman–Crippen LogP) is 2.06. The van der Waals surface area contributed by atoms with Gasteiger partial charge in [-0.1, -0.05) is 31.1 Å². The maximum atomic E-state index is 10.4. The van der Waals surface area contributed by atoms with Gasteiger partial charge in [0.1, 0.15) is 6.29 Å². The molecular weight excluding hydrogens is 124 g/mol. The van der Waals surface area contributed by atoms with Crippen molar-refractivity contribution in [2.75, 3.05) is 0 Å². The monoisotopic (exact) mass is 136 g/mol. The molecule has 0 atom stereocenters. The Morgan fingerprint density at radius 2 is 2.20 bits per heavy atom. The van der Waals surface area contributed by atoms with E-state index < -0.39 is 0 Å². The van der Waals surface area contributed by atoms with Gasteiger partial charge in [-0.3, -0.25) is 4.79 Å². The summed E-state index contributed by atoms with van der Waals surface area (Å²) in [6, 6.07) is 3.55. The third kappa shape index (κ3) is 1.44. The highest BCUT2D eigenvalue weighted by Gasteiger charge is 1.88.